The maximum Gasteiger partial charge on any atom is 0.327 e. The predicted molar refractivity (Wildman–Crippen MR) is 69.0 cm³/mol. The third-order valence-electron chi connectivity index (χ3n) is 2.46. The monoisotopic (exact) mass is 265 g/mol. The van der Waals surface area contributed by atoms with Crippen LogP contribution in [-0.4, -0.2) is 31.3 Å². The first-order chi connectivity index (χ1) is 8.17. The van der Waals surface area contributed by atoms with Gasteiger partial charge in [-0.15, -0.1) is 0 Å². The highest BCUT2D eigenvalue weighted by atomic mass is 35.5. The molecule has 5 heteroatoms. The average Bonchev–Trinajstić information content (AvgIpc) is 2.30. The fraction of sp³-hybridized carbons (Fsp3) is 0.917. The van der Waals surface area contributed by atoms with E-state index >= 15 is 0 Å². The van der Waals surface area contributed by atoms with Crippen LogP contribution in [0.25, 0.3) is 0 Å². The molecule has 0 bridgehead atoms. The largest absolute Gasteiger partial charge is 0.464 e. The smallest absolute Gasteiger partial charge is 0.327 e. The molecule has 17 heavy (non-hydrogen) atoms. The molecule has 0 aliphatic rings. The Hall–Kier alpha value is -0.320. The van der Waals surface area contributed by atoms with Crippen LogP contribution in [0.2, 0.25) is 0 Å². The van der Waals surface area contributed by atoms with Crippen LogP contribution in [0.15, 0.2) is 0 Å². The quantitative estimate of drug-likeness (QED) is 0.375. The van der Waals surface area contributed by atoms with E-state index in [0.717, 1.165) is 25.7 Å². The maximum atomic E-state index is 11.7. The molecule has 0 amide bonds. The van der Waals surface area contributed by atoms with E-state index in [2.05, 4.69) is 11.8 Å². The zero-order valence-electron chi connectivity index (χ0n) is 11.0. The van der Waals surface area contributed by atoms with Gasteiger partial charge in [-0.05, 0) is 31.5 Å². The molecule has 0 aromatic heterocycles. The molecule has 0 saturated heterocycles. The van der Waals surface area contributed by atoms with Crippen molar-refractivity contribution in [2.24, 2.45) is 0 Å². The molecule has 0 heterocycles. The van der Waals surface area contributed by atoms with Gasteiger partial charge in [0.15, 0.2) is 0 Å². The van der Waals surface area contributed by atoms with Crippen molar-refractivity contribution in [2.75, 3.05) is 13.2 Å². The van der Waals surface area contributed by atoms with Gasteiger partial charge in [0.1, 0.15) is 6.04 Å². The van der Waals surface area contributed by atoms with E-state index < -0.39 is 6.04 Å². The van der Waals surface area contributed by atoms with Crippen molar-refractivity contribution in [3.8, 4) is 0 Å². The van der Waals surface area contributed by atoms with Gasteiger partial charge in [-0.1, -0.05) is 26.7 Å². The Morgan fingerprint density at radius 1 is 1.24 bits per heavy atom. The van der Waals surface area contributed by atoms with E-state index in [-0.39, 0.29) is 12.1 Å². The topological polar surface area (TPSA) is 47.6 Å². The van der Waals surface area contributed by atoms with Crippen molar-refractivity contribution in [1.82, 2.24) is 4.84 Å². The lowest BCUT2D eigenvalue weighted by Gasteiger charge is -2.21. The van der Waals surface area contributed by atoms with Crippen molar-refractivity contribution in [3.05, 3.63) is 0 Å². The zero-order chi connectivity index (χ0) is 13.1. The normalized spacial score (nSPS) is 14.4. The minimum Gasteiger partial charge on any atom is -0.464 e. The van der Waals surface area contributed by atoms with Gasteiger partial charge in [0.2, 0.25) is 0 Å². The Kier molecular flexibility index (Phi) is 10.6. The molecular formula is C12H24ClNO3. The summed E-state index contributed by atoms with van der Waals surface area (Å²) in [6.07, 6.45) is 3.62. The van der Waals surface area contributed by atoms with Crippen LogP contribution in [0, 0.1) is 0 Å². The lowest BCUT2D eigenvalue weighted by Crippen LogP contribution is -2.43. The third kappa shape index (κ3) is 7.58. The number of hydrogen-bond donors (Lipinski definition) is 1. The number of ether oxygens (including phenoxy) is 2. The van der Waals surface area contributed by atoms with E-state index in [1.807, 2.05) is 13.8 Å². The molecule has 2 atom stereocenters. The van der Waals surface area contributed by atoms with Crippen LogP contribution < -0.4 is 4.84 Å². The van der Waals surface area contributed by atoms with Crippen LogP contribution in [0.5, 0.6) is 0 Å². The van der Waals surface area contributed by atoms with Gasteiger partial charge in [0.25, 0.3) is 0 Å². The summed E-state index contributed by atoms with van der Waals surface area (Å²) in [5.41, 5.74) is 0. The second-order valence-corrected chi connectivity index (χ2v) is 4.26. The Balaban J connectivity index is 3.96. The molecule has 0 radical (unpaired) electrons. The van der Waals surface area contributed by atoms with Gasteiger partial charge in [0.05, 0.1) is 12.7 Å². The van der Waals surface area contributed by atoms with Gasteiger partial charge in [-0.25, -0.2) is 4.84 Å². The number of halogens is 1. The highest BCUT2D eigenvalue weighted by Gasteiger charge is 2.26. The summed E-state index contributed by atoms with van der Waals surface area (Å²) in [6.45, 7) is 7.02. The predicted octanol–water partition coefficient (Wildman–Crippen LogP) is 2.65. The number of nitrogens with one attached hydrogen (secondary N) is 1. The number of hydrogen-bond acceptors (Lipinski definition) is 4. The zero-order valence-corrected chi connectivity index (χ0v) is 11.8. The molecule has 0 saturated carbocycles. The molecule has 0 fully saturated rings. The molecule has 0 aliphatic heterocycles. The van der Waals surface area contributed by atoms with E-state index in [1.54, 1.807) is 0 Å². The van der Waals surface area contributed by atoms with E-state index in [0.29, 0.717) is 13.2 Å². The molecule has 0 aromatic rings. The molecular weight excluding hydrogens is 242 g/mol. The van der Waals surface area contributed by atoms with Crippen LogP contribution in [-0.2, 0) is 14.3 Å². The molecule has 0 aliphatic carbocycles. The lowest BCUT2D eigenvalue weighted by molar-refractivity contribution is -0.149. The Labute approximate surface area is 109 Å². The SMILES string of the molecule is CCCCOC(=O)[C@@H](NCl)C(C)OCCCC. The summed E-state index contributed by atoms with van der Waals surface area (Å²) in [7, 11) is 0. The Morgan fingerprint density at radius 3 is 2.35 bits per heavy atom. The van der Waals surface area contributed by atoms with Crippen LogP contribution in [0.1, 0.15) is 46.5 Å². The third-order valence-corrected chi connectivity index (χ3v) is 2.70. The number of carbonyl (C=O) groups excluding carboxylic acids is 1. The molecule has 0 rings (SSSR count). The van der Waals surface area contributed by atoms with E-state index in [4.69, 9.17) is 21.3 Å². The number of esters is 1. The number of carbonyl (C=O) groups is 1. The maximum absolute atomic E-state index is 11.7. The average molecular weight is 266 g/mol. The van der Waals surface area contributed by atoms with Gasteiger partial charge in [-0.2, -0.15) is 0 Å². The minimum absolute atomic E-state index is 0.284. The van der Waals surface area contributed by atoms with Crippen LogP contribution >= 0.6 is 11.8 Å². The second kappa shape index (κ2) is 10.8. The molecule has 0 aromatic carbocycles. The molecule has 0 spiro atoms. The highest BCUT2D eigenvalue weighted by Crippen LogP contribution is 2.05. The standard InChI is InChI=1S/C12H24ClNO3/c1-4-6-8-16-10(3)11(14-13)12(15)17-9-7-5-2/h10-11,14H,4-9H2,1-3H3/t10?,11-/m0/s1. The summed E-state index contributed by atoms with van der Waals surface area (Å²) < 4.78 is 10.6. The summed E-state index contributed by atoms with van der Waals surface area (Å²) in [5.74, 6) is -0.350. The summed E-state index contributed by atoms with van der Waals surface area (Å²) in [5, 5.41) is 0. The van der Waals surface area contributed by atoms with Crippen molar-refractivity contribution >= 4 is 17.7 Å². The molecule has 4 nitrogen and oxygen atoms in total. The fourth-order valence-electron chi connectivity index (χ4n) is 1.24. The van der Waals surface area contributed by atoms with Crippen molar-refractivity contribution < 1.29 is 14.3 Å². The Bertz CT molecular complexity index is 202. The minimum atomic E-state index is -0.606. The summed E-state index contributed by atoms with van der Waals surface area (Å²) in [4.78, 5) is 14.1. The fourth-order valence-corrected chi connectivity index (χ4v) is 1.51. The number of rotatable bonds is 10. The molecule has 1 unspecified atom stereocenters. The summed E-state index contributed by atoms with van der Waals surface area (Å²) >= 11 is 5.55. The first-order valence-electron chi connectivity index (χ1n) is 6.31. The Morgan fingerprint density at radius 2 is 1.82 bits per heavy atom. The molecule has 102 valence electrons. The van der Waals surface area contributed by atoms with Crippen LogP contribution in [0.3, 0.4) is 0 Å². The van der Waals surface area contributed by atoms with Crippen molar-refractivity contribution in [3.63, 3.8) is 0 Å². The first kappa shape index (κ1) is 16.7. The van der Waals surface area contributed by atoms with Gasteiger partial charge < -0.3 is 9.47 Å². The van der Waals surface area contributed by atoms with Gasteiger partial charge in [0, 0.05) is 6.61 Å². The van der Waals surface area contributed by atoms with Gasteiger partial charge in [-0.3, -0.25) is 4.79 Å². The van der Waals surface area contributed by atoms with Gasteiger partial charge >= 0.3 is 5.97 Å². The number of unbranched alkanes of at least 4 members (excludes halogenated alkanes) is 2. The van der Waals surface area contributed by atoms with Crippen molar-refractivity contribution in [1.29, 1.82) is 0 Å². The van der Waals surface area contributed by atoms with E-state index in [1.165, 1.54) is 0 Å². The summed E-state index contributed by atoms with van der Waals surface area (Å²) in [6, 6.07) is -0.606. The first-order valence-corrected chi connectivity index (χ1v) is 6.69. The highest BCUT2D eigenvalue weighted by molar-refractivity contribution is 6.14. The van der Waals surface area contributed by atoms with Crippen molar-refractivity contribution in [2.45, 2.75) is 58.6 Å². The van der Waals surface area contributed by atoms with E-state index in [9.17, 15) is 4.79 Å². The lowest BCUT2D eigenvalue weighted by atomic mass is 10.2. The molecule has 1 N–H and O–H groups in total. The second-order valence-electron chi connectivity index (χ2n) is 4.04. The van der Waals surface area contributed by atoms with Crippen LogP contribution in [0.4, 0.5) is 0 Å².